The van der Waals surface area contributed by atoms with E-state index in [1.807, 2.05) is 12.1 Å². The minimum Gasteiger partial charge on any atom is -0.507 e. The SMILES string of the molecule is COc1cc2cc[c]c(O)c2cc1OC. The van der Waals surface area contributed by atoms with Gasteiger partial charge in [-0.15, -0.1) is 0 Å². The maximum absolute atomic E-state index is 9.60. The largest absolute Gasteiger partial charge is 0.507 e. The zero-order chi connectivity index (χ0) is 10.8. The molecule has 3 nitrogen and oxygen atoms in total. The Balaban J connectivity index is 2.75. The predicted octanol–water partition coefficient (Wildman–Crippen LogP) is 2.36. The molecule has 0 fully saturated rings. The number of benzene rings is 2. The maximum atomic E-state index is 9.60. The molecule has 1 N–H and O–H groups in total. The third kappa shape index (κ3) is 1.56. The molecule has 0 atom stereocenters. The lowest BCUT2D eigenvalue weighted by Crippen LogP contribution is -1.90. The van der Waals surface area contributed by atoms with Crippen LogP contribution >= 0.6 is 0 Å². The topological polar surface area (TPSA) is 38.7 Å². The second kappa shape index (κ2) is 3.69. The summed E-state index contributed by atoms with van der Waals surface area (Å²) in [6, 6.07) is 9.81. The monoisotopic (exact) mass is 203 g/mol. The molecule has 0 amide bonds. The van der Waals surface area contributed by atoms with Crippen molar-refractivity contribution in [1.29, 1.82) is 0 Å². The minimum absolute atomic E-state index is 0.119. The molecular weight excluding hydrogens is 192 g/mol. The van der Waals surface area contributed by atoms with Gasteiger partial charge in [0.05, 0.1) is 14.2 Å². The van der Waals surface area contributed by atoms with Crippen LogP contribution in [0, 0.1) is 6.07 Å². The quantitative estimate of drug-likeness (QED) is 0.814. The molecule has 0 aliphatic heterocycles. The molecule has 0 aliphatic carbocycles. The average Bonchev–Trinajstić information content (AvgIpc) is 2.28. The first-order valence-electron chi connectivity index (χ1n) is 4.51. The molecule has 3 heteroatoms. The first-order valence-corrected chi connectivity index (χ1v) is 4.51. The van der Waals surface area contributed by atoms with Gasteiger partial charge >= 0.3 is 0 Å². The standard InChI is InChI=1S/C12H11O3/c1-14-11-6-8-4-3-5-10(13)9(8)7-12(11)15-2/h3-4,6-7,13H,1-2H3. The second-order valence-electron chi connectivity index (χ2n) is 3.12. The lowest BCUT2D eigenvalue weighted by Gasteiger charge is -2.09. The molecule has 15 heavy (non-hydrogen) atoms. The van der Waals surface area contributed by atoms with Crippen LogP contribution in [0.5, 0.6) is 17.2 Å². The molecule has 0 saturated heterocycles. The van der Waals surface area contributed by atoms with E-state index in [4.69, 9.17) is 9.47 Å². The van der Waals surface area contributed by atoms with Crippen molar-refractivity contribution < 1.29 is 14.6 Å². The summed E-state index contributed by atoms with van der Waals surface area (Å²) in [5.41, 5.74) is 0. The summed E-state index contributed by atoms with van der Waals surface area (Å²) < 4.78 is 10.3. The molecule has 2 aromatic carbocycles. The Hall–Kier alpha value is -1.90. The van der Waals surface area contributed by atoms with E-state index in [1.54, 1.807) is 26.4 Å². The van der Waals surface area contributed by atoms with E-state index in [9.17, 15) is 5.11 Å². The van der Waals surface area contributed by atoms with E-state index >= 15 is 0 Å². The number of methoxy groups -OCH3 is 2. The van der Waals surface area contributed by atoms with E-state index in [-0.39, 0.29) is 5.75 Å². The Morgan fingerprint density at radius 3 is 2.47 bits per heavy atom. The summed E-state index contributed by atoms with van der Waals surface area (Å²) in [7, 11) is 3.14. The normalized spacial score (nSPS) is 10.3. The van der Waals surface area contributed by atoms with Gasteiger partial charge in [-0.2, -0.15) is 0 Å². The number of phenols is 1. The first kappa shape index (κ1) is 9.65. The summed E-state index contributed by atoms with van der Waals surface area (Å²) in [5.74, 6) is 1.36. The fourth-order valence-electron chi connectivity index (χ4n) is 1.53. The van der Waals surface area contributed by atoms with Crippen LogP contribution in [0.2, 0.25) is 0 Å². The number of fused-ring (bicyclic) bond motifs is 1. The van der Waals surface area contributed by atoms with Gasteiger partial charge in [-0.1, -0.05) is 6.07 Å². The molecule has 0 heterocycles. The smallest absolute Gasteiger partial charge is 0.161 e. The van der Waals surface area contributed by atoms with Crippen molar-refractivity contribution in [3.63, 3.8) is 0 Å². The molecule has 0 aromatic heterocycles. The minimum atomic E-state index is 0.119. The lowest BCUT2D eigenvalue weighted by atomic mass is 10.1. The molecule has 0 saturated carbocycles. The highest BCUT2D eigenvalue weighted by molar-refractivity contribution is 5.90. The molecule has 2 aromatic rings. The summed E-state index contributed by atoms with van der Waals surface area (Å²) in [6.07, 6.45) is 0. The first-order chi connectivity index (χ1) is 7.26. The molecule has 0 spiro atoms. The van der Waals surface area contributed by atoms with Crippen molar-refractivity contribution in [3.8, 4) is 17.2 Å². The van der Waals surface area contributed by atoms with Gasteiger partial charge in [0.25, 0.3) is 0 Å². The third-order valence-electron chi connectivity index (χ3n) is 2.29. The predicted molar refractivity (Wildman–Crippen MR) is 57.6 cm³/mol. The summed E-state index contributed by atoms with van der Waals surface area (Å²) in [6.45, 7) is 0. The van der Waals surface area contributed by atoms with Crippen LogP contribution < -0.4 is 9.47 Å². The Labute approximate surface area is 87.9 Å². The molecule has 1 radical (unpaired) electrons. The Kier molecular flexibility index (Phi) is 2.37. The number of hydrogen-bond donors (Lipinski definition) is 1. The van der Waals surface area contributed by atoms with Crippen LogP contribution in [0.15, 0.2) is 24.3 Å². The van der Waals surface area contributed by atoms with Gasteiger partial charge in [0, 0.05) is 11.5 Å². The van der Waals surface area contributed by atoms with Crippen molar-refractivity contribution in [3.05, 3.63) is 30.3 Å². The van der Waals surface area contributed by atoms with Gasteiger partial charge in [0.1, 0.15) is 5.75 Å². The fraction of sp³-hybridized carbons (Fsp3) is 0.167. The number of phenolic OH excluding ortho intramolecular Hbond substituents is 1. The van der Waals surface area contributed by atoms with Gasteiger partial charge in [-0.3, -0.25) is 0 Å². The summed E-state index contributed by atoms with van der Waals surface area (Å²) in [4.78, 5) is 0. The molecular formula is C12H11O3. The van der Waals surface area contributed by atoms with Crippen LogP contribution in [0.1, 0.15) is 0 Å². The van der Waals surface area contributed by atoms with E-state index < -0.39 is 0 Å². The number of rotatable bonds is 2. The highest BCUT2D eigenvalue weighted by Crippen LogP contribution is 2.35. The number of ether oxygens (including phenoxy) is 2. The highest BCUT2D eigenvalue weighted by Gasteiger charge is 2.07. The van der Waals surface area contributed by atoms with Crippen molar-refractivity contribution in [1.82, 2.24) is 0 Å². The lowest BCUT2D eigenvalue weighted by molar-refractivity contribution is 0.355. The van der Waals surface area contributed by atoms with Gasteiger partial charge in [-0.25, -0.2) is 0 Å². The maximum Gasteiger partial charge on any atom is 0.161 e. The Morgan fingerprint density at radius 1 is 1.13 bits per heavy atom. The van der Waals surface area contributed by atoms with Crippen molar-refractivity contribution >= 4 is 10.8 Å². The van der Waals surface area contributed by atoms with E-state index in [1.165, 1.54) is 0 Å². The number of aromatic hydroxyl groups is 1. The fourth-order valence-corrected chi connectivity index (χ4v) is 1.53. The van der Waals surface area contributed by atoms with Crippen molar-refractivity contribution in [2.24, 2.45) is 0 Å². The van der Waals surface area contributed by atoms with Gasteiger partial charge in [0.15, 0.2) is 11.5 Å². The van der Waals surface area contributed by atoms with Crippen LogP contribution in [0.25, 0.3) is 10.8 Å². The van der Waals surface area contributed by atoms with E-state index in [0.717, 1.165) is 5.39 Å². The molecule has 0 aliphatic rings. The van der Waals surface area contributed by atoms with Crippen molar-refractivity contribution in [2.45, 2.75) is 0 Å². The van der Waals surface area contributed by atoms with Crippen molar-refractivity contribution in [2.75, 3.05) is 14.2 Å². The molecule has 2 rings (SSSR count). The third-order valence-corrected chi connectivity index (χ3v) is 2.29. The number of hydrogen-bond acceptors (Lipinski definition) is 3. The Morgan fingerprint density at radius 2 is 1.80 bits per heavy atom. The Bertz CT molecular complexity index is 491. The molecule has 0 unspecified atom stereocenters. The highest BCUT2D eigenvalue weighted by atomic mass is 16.5. The van der Waals surface area contributed by atoms with Gasteiger partial charge < -0.3 is 14.6 Å². The zero-order valence-corrected chi connectivity index (χ0v) is 8.57. The molecule has 77 valence electrons. The second-order valence-corrected chi connectivity index (χ2v) is 3.12. The van der Waals surface area contributed by atoms with E-state index in [0.29, 0.717) is 16.9 Å². The average molecular weight is 203 g/mol. The molecule has 0 bridgehead atoms. The van der Waals surface area contributed by atoms with E-state index in [2.05, 4.69) is 6.07 Å². The van der Waals surface area contributed by atoms with Crippen LogP contribution in [0.4, 0.5) is 0 Å². The van der Waals surface area contributed by atoms with Crippen LogP contribution in [-0.2, 0) is 0 Å². The van der Waals surface area contributed by atoms with Gasteiger partial charge in [-0.05, 0) is 23.6 Å². The summed E-state index contributed by atoms with van der Waals surface area (Å²) in [5, 5.41) is 11.2. The van der Waals surface area contributed by atoms with Gasteiger partial charge in [0.2, 0.25) is 0 Å². The summed E-state index contributed by atoms with van der Waals surface area (Å²) >= 11 is 0. The van der Waals surface area contributed by atoms with Crippen LogP contribution in [-0.4, -0.2) is 19.3 Å². The van der Waals surface area contributed by atoms with Crippen LogP contribution in [0.3, 0.4) is 0 Å². The zero-order valence-electron chi connectivity index (χ0n) is 8.57.